The number of anilines is 1. The molecule has 0 aliphatic rings. The van der Waals surface area contributed by atoms with E-state index in [-0.39, 0.29) is 0 Å². The Morgan fingerprint density at radius 2 is 2.14 bits per heavy atom. The van der Waals surface area contributed by atoms with Gasteiger partial charge in [-0.3, -0.25) is 4.79 Å². The zero-order valence-corrected chi connectivity index (χ0v) is 8.64. The molecule has 0 spiro atoms. The molecule has 0 aromatic heterocycles. The number of nitrogens with one attached hydrogen (secondary N) is 1. The molecule has 0 aliphatic heterocycles. The van der Waals surface area contributed by atoms with E-state index in [4.69, 9.17) is 16.9 Å². The molecule has 4 heteroatoms. The predicted octanol–water partition coefficient (Wildman–Crippen LogP) is 2.42. The van der Waals surface area contributed by atoms with Crippen LogP contribution in [0.3, 0.4) is 0 Å². The summed E-state index contributed by atoms with van der Waals surface area (Å²) < 4.78 is 0. The molecular formula is C10H9ClN2O. The van der Waals surface area contributed by atoms with Gasteiger partial charge in [0, 0.05) is 0 Å². The van der Waals surface area contributed by atoms with Gasteiger partial charge in [0.1, 0.15) is 0 Å². The summed E-state index contributed by atoms with van der Waals surface area (Å²) in [6, 6.07) is 5.10. The number of nitrogens with zero attached hydrogens (tertiary/aromatic N) is 1. The fraction of sp³-hybridized carbons (Fsp3) is 0.200. The first kappa shape index (κ1) is 10.6. The lowest BCUT2D eigenvalue weighted by atomic mass is 10.1. The number of aryl methyl sites for hydroxylation is 2. The molecule has 14 heavy (non-hydrogen) atoms. The topological polar surface area (TPSA) is 52.9 Å². The van der Waals surface area contributed by atoms with Gasteiger partial charge < -0.3 is 5.32 Å². The Labute approximate surface area is 87.3 Å². The van der Waals surface area contributed by atoms with Crippen LogP contribution < -0.4 is 5.32 Å². The third kappa shape index (κ3) is 2.24. The Kier molecular flexibility index (Phi) is 3.10. The molecule has 1 N–H and O–H groups in total. The van der Waals surface area contributed by atoms with Crippen LogP contribution in [-0.2, 0) is 4.79 Å². The van der Waals surface area contributed by atoms with Crippen molar-refractivity contribution in [2.45, 2.75) is 13.8 Å². The van der Waals surface area contributed by atoms with Gasteiger partial charge in [-0.2, -0.15) is 5.26 Å². The van der Waals surface area contributed by atoms with Crippen molar-refractivity contribution in [2.24, 2.45) is 0 Å². The van der Waals surface area contributed by atoms with Crippen molar-refractivity contribution >= 4 is 23.2 Å². The zero-order valence-electron chi connectivity index (χ0n) is 7.89. The maximum Gasteiger partial charge on any atom is 0.326 e. The summed E-state index contributed by atoms with van der Waals surface area (Å²) in [5.74, 6) is -0.709. The van der Waals surface area contributed by atoms with Crippen LogP contribution in [0.15, 0.2) is 12.1 Å². The van der Waals surface area contributed by atoms with Crippen molar-refractivity contribution in [3.8, 4) is 6.07 Å². The molecule has 72 valence electrons. The second-order valence-corrected chi connectivity index (χ2v) is 3.41. The van der Waals surface area contributed by atoms with Crippen molar-refractivity contribution < 1.29 is 4.79 Å². The lowest BCUT2D eigenvalue weighted by Gasteiger charge is -2.08. The lowest BCUT2D eigenvalue weighted by molar-refractivity contribution is -0.111. The minimum Gasteiger partial charge on any atom is -0.312 e. The lowest BCUT2D eigenvalue weighted by Crippen LogP contribution is -2.09. The summed E-state index contributed by atoms with van der Waals surface area (Å²) in [5, 5.41) is 11.2. The third-order valence-electron chi connectivity index (χ3n) is 1.77. The normalized spacial score (nSPS) is 9.29. The zero-order chi connectivity index (χ0) is 10.7. The second kappa shape index (κ2) is 4.12. The minimum atomic E-state index is -0.709. The van der Waals surface area contributed by atoms with Crippen LogP contribution in [0.25, 0.3) is 0 Å². The van der Waals surface area contributed by atoms with Crippen LogP contribution >= 0.6 is 11.6 Å². The molecule has 1 amide bonds. The quantitative estimate of drug-likeness (QED) is 0.721. The standard InChI is InChI=1S/C10H9ClN2O/c1-6-3-7(2)10(8(11)4-6)13-9(14)5-12/h3-4H,1-2H3,(H,13,14). The van der Waals surface area contributed by atoms with E-state index in [0.717, 1.165) is 11.1 Å². The Hall–Kier alpha value is -1.53. The van der Waals surface area contributed by atoms with Crippen LogP contribution in [0.1, 0.15) is 11.1 Å². The third-order valence-corrected chi connectivity index (χ3v) is 2.07. The van der Waals surface area contributed by atoms with E-state index in [0.29, 0.717) is 10.7 Å². The number of carbonyl (C=O) groups excluding carboxylic acids is 1. The van der Waals surface area contributed by atoms with Gasteiger partial charge in [0.15, 0.2) is 6.07 Å². The van der Waals surface area contributed by atoms with Gasteiger partial charge in [-0.1, -0.05) is 17.7 Å². The molecule has 1 rings (SSSR count). The molecule has 0 unspecified atom stereocenters. The maximum absolute atomic E-state index is 10.8. The van der Waals surface area contributed by atoms with Crippen LogP contribution in [0.2, 0.25) is 5.02 Å². The maximum atomic E-state index is 10.8. The highest BCUT2D eigenvalue weighted by Gasteiger charge is 2.08. The van der Waals surface area contributed by atoms with Crippen molar-refractivity contribution in [3.63, 3.8) is 0 Å². The monoisotopic (exact) mass is 208 g/mol. The number of halogens is 1. The summed E-state index contributed by atoms with van der Waals surface area (Å²) in [4.78, 5) is 10.8. The summed E-state index contributed by atoms with van der Waals surface area (Å²) in [6.45, 7) is 3.74. The molecule has 0 atom stereocenters. The Morgan fingerprint density at radius 3 is 2.64 bits per heavy atom. The molecule has 1 aromatic carbocycles. The molecule has 1 aromatic rings. The molecule has 3 nitrogen and oxygen atoms in total. The molecular weight excluding hydrogens is 200 g/mol. The van der Waals surface area contributed by atoms with Crippen LogP contribution in [0.4, 0.5) is 5.69 Å². The van der Waals surface area contributed by atoms with Crippen molar-refractivity contribution in [2.75, 3.05) is 5.32 Å². The van der Waals surface area contributed by atoms with E-state index in [9.17, 15) is 4.79 Å². The number of hydrogen-bond acceptors (Lipinski definition) is 2. The fourth-order valence-corrected chi connectivity index (χ4v) is 1.58. The van der Waals surface area contributed by atoms with E-state index in [1.54, 1.807) is 6.07 Å². The molecule has 0 fully saturated rings. The first-order valence-corrected chi connectivity index (χ1v) is 4.40. The average molecular weight is 209 g/mol. The number of benzene rings is 1. The highest BCUT2D eigenvalue weighted by atomic mass is 35.5. The van der Waals surface area contributed by atoms with Gasteiger partial charge >= 0.3 is 5.91 Å². The first-order valence-electron chi connectivity index (χ1n) is 4.02. The molecule has 0 bridgehead atoms. The fourth-order valence-electron chi connectivity index (χ4n) is 1.22. The number of amides is 1. The van der Waals surface area contributed by atoms with Crippen molar-refractivity contribution in [1.29, 1.82) is 5.26 Å². The van der Waals surface area contributed by atoms with E-state index in [1.807, 2.05) is 19.9 Å². The molecule has 0 aliphatic carbocycles. The number of carbonyl (C=O) groups is 1. The number of rotatable bonds is 1. The largest absolute Gasteiger partial charge is 0.326 e. The van der Waals surface area contributed by atoms with Crippen LogP contribution in [0.5, 0.6) is 0 Å². The van der Waals surface area contributed by atoms with Crippen LogP contribution in [-0.4, -0.2) is 5.91 Å². The highest BCUT2D eigenvalue weighted by Crippen LogP contribution is 2.26. The van der Waals surface area contributed by atoms with Crippen LogP contribution in [0, 0.1) is 25.2 Å². The molecule has 0 radical (unpaired) electrons. The Morgan fingerprint density at radius 1 is 1.50 bits per heavy atom. The summed E-state index contributed by atoms with van der Waals surface area (Å²) >= 11 is 5.91. The van der Waals surface area contributed by atoms with Gasteiger partial charge in [-0.05, 0) is 31.0 Å². The van der Waals surface area contributed by atoms with Gasteiger partial charge in [0.2, 0.25) is 0 Å². The smallest absolute Gasteiger partial charge is 0.312 e. The van der Waals surface area contributed by atoms with Gasteiger partial charge in [-0.25, -0.2) is 0 Å². The van der Waals surface area contributed by atoms with Gasteiger partial charge in [0.05, 0.1) is 10.7 Å². The molecule has 0 saturated carbocycles. The summed E-state index contributed by atoms with van der Waals surface area (Å²) in [7, 11) is 0. The number of hydrogen-bond donors (Lipinski definition) is 1. The SMILES string of the molecule is Cc1cc(C)c(NC(=O)C#N)c(Cl)c1. The molecule has 0 heterocycles. The van der Waals surface area contributed by atoms with Gasteiger partial charge in [0.25, 0.3) is 0 Å². The van der Waals surface area contributed by atoms with E-state index in [1.165, 1.54) is 6.07 Å². The van der Waals surface area contributed by atoms with Crippen molar-refractivity contribution in [3.05, 3.63) is 28.3 Å². The van der Waals surface area contributed by atoms with E-state index >= 15 is 0 Å². The molecule has 0 saturated heterocycles. The van der Waals surface area contributed by atoms with E-state index < -0.39 is 5.91 Å². The minimum absolute atomic E-state index is 0.450. The number of nitriles is 1. The average Bonchev–Trinajstić information content (AvgIpc) is 2.10. The second-order valence-electron chi connectivity index (χ2n) is 3.00. The Balaban J connectivity index is 3.10. The predicted molar refractivity (Wildman–Crippen MR) is 55.2 cm³/mol. The first-order chi connectivity index (χ1) is 6.54. The Bertz CT molecular complexity index is 398. The summed E-state index contributed by atoms with van der Waals surface area (Å²) in [6.07, 6.45) is 0. The van der Waals surface area contributed by atoms with Crippen molar-refractivity contribution in [1.82, 2.24) is 0 Å². The van der Waals surface area contributed by atoms with E-state index in [2.05, 4.69) is 5.32 Å². The summed E-state index contributed by atoms with van der Waals surface area (Å²) in [5.41, 5.74) is 2.37. The highest BCUT2D eigenvalue weighted by molar-refractivity contribution is 6.34. The van der Waals surface area contributed by atoms with Gasteiger partial charge in [-0.15, -0.1) is 0 Å².